The molecule has 0 bridgehead atoms. The maximum Gasteiger partial charge on any atom is 0.262 e. The van der Waals surface area contributed by atoms with Gasteiger partial charge < -0.3 is 15.0 Å². The van der Waals surface area contributed by atoms with Crippen molar-refractivity contribution in [3.8, 4) is 5.75 Å². The summed E-state index contributed by atoms with van der Waals surface area (Å²) in [7, 11) is 0. The Kier molecular flexibility index (Phi) is 7.99. The van der Waals surface area contributed by atoms with Crippen molar-refractivity contribution in [1.82, 2.24) is 5.32 Å². The maximum absolute atomic E-state index is 14.0. The van der Waals surface area contributed by atoms with Crippen LogP contribution < -0.4 is 19.9 Å². The molecule has 208 valence electrons. The summed E-state index contributed by atoms with van der Waals surface area (Å²) in [5, 5.41) is 3.10. The molecule has 41 heavy (non-hydrogen) atoms. The molecular formula is C35H35N3O3. The van der Waals surface area contributed by atoms with E-state index in [-0.39, 0.29) is 30.6 Å². The summed E-state index contributed by atoms with van der Waals surface area (Å²) in [6.45, 7) is 0.611. The highest BCUT2D eigenvalue weighted by molar-refractivity contribution is 6.12. The van der Waals surface area contributed by atoms with Gasteiger partial charge in [0.05, 0.1) is 11.3 Å². The molecule has 1 aliphatic carbocycles. The first-order chi connectivity index (χ1) is 20.2. The van der Waals surface area contributed by atoms with E-state index in [2.05, 4.69) is 22.3 Å². The molecule has 0 aromatic heterocycles. The van der Waals surface area contributed by atoms with Crippen LogP contribution in [0.3, 0.4) is 0 Å². The van der Waals surface area contributed by atoms with Crippen LogP contribution in [0, 0.1) is 0 Å². The van der Waals surface area contributed by atoms with Crippen molar-refractivity contribution in [2.75, 3.05) is 16.4 Å². The number of carbonyl (C=O) groups is 2. The number of nitrogens with one attached hydrogen (secondary N) is 1. The van der Waals surface area contributed by atoms with E-state index in [9.17, 15) is 9.59 Å². The normalized spacial score (nSPS) is 17.2. The standard InChI is InChI=1S/C35H35N3O3/c39-33(36-28-14-6-2-7-15-28)25-41-30-22-20-27(21-23-30)34-37(24-26-12-4-1-5-13-26)32-19-11-10-18-31(32)35(40)38(34)29-16-8-3-9-17-29/h1,3-5,8-13,16-23,28,34H,2,6-7,14-15,24-25H2,(H,36,39)/t34-/m1/s1. The molecule has 1 atom stereocenters. The third-order valence-electron chi connectivity index (χ3n) is 7.95. The fraction of sp³-hybridized carbons (Fsp3) is 0.257. The van der Waals surface area contributed by atoms with E-state index in [1.165, 1.54) is 19.3 Å². The number of carbonyl (C=O) groups excluding carboxylic acids is 2. The van der Waals surface area contributed by atoms with Gasteiger partial charge >= 0.3 is 0 Å². The Hall–Kier alpha value is -4.58. The van der Waals surface area contributed by atoms with Crippen LogP contribution in [0.15, 0.2) is 109 Å². The van der Waals surface area contributed by atoms with Crippen molar-refractivity contribution in [3.05, 3.63) is 126 Å². The smallest absolute Gasteiger partial charge is 0.262 e. The average Bonchev–Trinajstić information content (AvgIpc) is 3.03. The number of nitrogens with zero attached hydrogens (tertiary/aromatic N) is 2. The third-order valence-corrected chi connectivity index (χ3v) is 7.95. The molecule has 2 amide bonds. The van der Waals surface area contributed by atoms with Gasteiger partial charge in [0.2, 0.25) is 0 Å². The van der Waals surface area contributed by atoms with Crippen LogP contribution in [0.25, 0.3) is 0 Å². The second-order valence-electron chi connectivity index (χ2n) is 10.8. The highest BCUT2D eigenvalue weighted by atomic mass is 16.5. The van der Waals surface area contributed by atoms with E-state index in [0.717, 1.165) is 35.3 Å². The molecule has 6 heteroatoms. The largest absolute Gasteiger partial charge is 0.484 e. The fourth-order valence-electron chi connectivity index (χ4n) is 5.95. The summed E-state index contributed by atoms with van der Waals surface area (Å²) < 4.78 is 5.86. The molecule has 4 aromatic carbocycles. The predicted molar refractivity (Wildman–Crippen MR) is 162 cm³/mol. The summed E-state index contributed by atoms with van der Waals surface area (Å²) in [5.41, 5.74) is 4.51. The predicted octanol–water partition coefficient (Wildman–Crippen LogP) is 6.88. The summed E-state index contributed by atoms with van der Waals surface area (Å²) in [4.78, 5) is 30.7. The Morgan fingerprint density at radius 1 is 0.780 bits per heavy atom. The van der Waals surface area contributed by atoms with Crippen molar-refractivity contribution >= 4 is 23.2 Å². The lowest BCUT2D eigenvalue weighted by atomic mass is 9.95. The number of amides is 2. The highest BCUT2D eigenvalue weighted by Crippen LogP contribution is 2.42. The number of fused-ring (bicyclic) bond motifs is 1. The van der Waals surface area contributed by atoms with E-state index in [1.54, 1.807) is 0 Å². The maximum atomic E-state index is 14.0. The summed E-state index contributed by atoms with van der Waals surface area (Å²) in [6.07, 6.45) is 5.29. The molecule has 6 rings (SSSR count). The second kappa shape index (κ2) is 12.3. The number of ether oxygens (including phenoxy) is 1. The Bertz CT molecular complexity index is 1470. The van der Waals surface area contributed by atoms with Crippen molar-refractivity contribution in [2.24, 2.45) is 0 Å². The molecule has 1 aliphatic heterocycles. The molecule has 6 nitrogen and oxygen atoms in total. The van der Waals surface area contributed by atoms with Gasteiger partial charge in [-0.2, -0.15) is 0 Å². The van der Waals surface area contributed by atoms with Crippen LogP contribution in [-0.4, -0.2) is 24.5 Å². The topological polar surface area (TPSA) is 61.9 Å². The van der Waals surface area contributed by atoms with Gasteiger partial charge in [0.25, 0.3) is 11.8 Å². The molecule has 0 saturated heterocycles. The fourth-order valence-corrected chi connectivity index (χ4v) is 5.95. The molecular weight excluding hydrogens is 510 g/mol. The molecule has 1 fully saturated rings. The monoisotopic (exact) mass is 545 g/mol. The number of benzene rings is 4. The molecule has 1 saturated carbocycles. The van der Waals surface area contributed by atoms with E-state index in [1.807, 2.05) is 102 Å². The summed E-state index contributed by atoms with van der Waals surface area (Å²) >= 11 is 0. The molecule has 2 aliphatic rings. The van der Waals surface area contributed by atoms with Crippen molar-refractivity contribution in [2.45, 2.75) is 50.9 Å². The zero-order valence-corrected chi connectivity index (χ0v) is 23.1. The lowest BCUT2D eigenvalue weighted by Crippen LogP contribution is -2.49. The molecule has 0 spiro atoms. The first-order valence-corrected chi connectivity index (χ1v) is 14.5. The minimum Gasteiger partial charge on any atom is -0.484 e. The quantitative estimate of drug-likeness (QED) is 0.262. The molecule has 0 radical (unpaired) electrons. The van der Waals surface area contributed by atoms with Gasteiger partial charge in [-0.3, -0.25) is 14.5 Å². The van der Waals surface area contributed by atoms with Gasteiger partial charge in [-0.05, 0) is 60.4 Å². The molecule has 1 heterocycles. The van der Waals surface area contributed by atoms with Crippen LogP contribution in [0.2, 0.25) is 0 Å². The minimum atomic E-state index is -0.386. The van der Waals surface area contributed by atoms with Gasteiger partial charge in [0.15, 0.2) is 6.61 Å². The Labute approximate surface area is 241 Å². The first kappa shape index (κ1) is 26.6. The van der Waals surface area contributed by atoms with Crippen molar-refractivity contribution in [3.63, 3.8) is 0 Å². The first-order valence-electron chi connectivity index (χ1n) is 14.5. The van der Waals surface area contributed by atoms with Crippen LogP contribution in [0.1, 0.15) is 59.8 Å². The van der Waals surface area contributed by atoms with Crippen molar-refractivity contribution in [1.29, 1.82) is 0 Å². The Balaban J connectivity index is 1.30. The van der Waals surface area contributed by atoms with Crippen LogP contribution in [-0.2, 0) is 11.3 Å². The van der Waals surface area contributed by atoms with E-state index >= 15 is 0 Å². The second-order valence-corrected chi connectivity index (χ2v) is 10.8. The van der Waals surface area contributed by atoms with Crippen LogP contribution >= 0.6 is 0 Å². The van der Waals surface area contributed by atoms with Crippen molar-refractivity contribution < 1.29 is 14.3 Å². The average molecular weight is 546 g/mol. The number of para-hydroxylation sites is 2. The third kappa shape index (κ3) is 5.97. The number of hydrogen-bond donors (Lipinski definition) is 1. The summed E-state index contributed by atoms with van der Waals surface area (Å²) in [5.74, 6) is 0.497. The van der Waals surface area contributed by atoms with Crippen LogP contribution in [0.4, 0.5) is 11.4 Å². The number of rotatable bonds is 8. The SMILES string of the molecule is O=C(COc1ccc([C@@H]2N(Cc3ccccc3)c3ccccc3C(=O)N2c2ccccc2)cc1)NC1CCCCC1. The van der Waals surface area contributed by atoms with Gasteiger partial charge in [-0.1, -0.05) is 92.1 Å². The Morgan fingerprint density at radius 2 is 1.44 bits per heavy atom. The minimum absolute atomic E-state index is 0.0125. The lowest BCUT2D eigenvalue weighted by Gasteiger charge is -2.46. The van der Waals surface area contributed by atoms with E-state index in [4.69, 9.17) is 4.74 Å². The number of anilines is 2. The molecule has 0 unspecified atom stereocenters. The van der Waals surface area contributed by atoms with E-state index in [0.29, 0.717) is 17.9 Å². The zero-order chi connectivity index (χ0) is 28.0. The highest BCUT2D eigenvalue weighted by Gasteiger charge is 2.39. The molecule has 4 aromatic rings. The van der Waals surface area contributed by atoms with Crippen LogP contribution in [0.5, 0.6) is 5.75 Å². The van der Waals surface area contributed by atoms with Gasteiger partial charge in [-0.15, -0.1) is 0 Å². The summed E-state index contributed by atoms with van der Waals surface area (Å²) in [6, 6.07) is 36.0. The van der Waals surface area contributed by atoms with E-state index < -0.39 is 0 Å². The number of hydrogen-bond acceptors (Lipinski definition) is 4. The molecule has 1 N–H and O–H groups in total. The van der Waals surface area contributed by atoms with Gasteiger partial charge in [0.1, 0.15) is 11.9 Å². The zero-order valence-electron chi connectivity index (χ0n) is 23.1. The Morgan fingerprint density at radius 3 is 2.17 bits per heavy atom. The lowest BCUT2D eigenvalue weighted by molar-refractivity contribution is -0.124. The van der Waals surface area contributed by atoms with Gasteiger partial charge in [-0.25, -0.2) is 0 Å². The van der Waals surface area contributed by atoms with Gasteiger partial charge in [0, 0.05) is 18.3 Å².